The van der Waals surface area contributed by atoms with Gasteiger partial charge >= 0.3 is 12.0 Å². The van der Waals surface area contributed by atoms with Gasteiger partial charge in [-0.1, -0.05) is 0 Å². The number of amides is 3. The van der Waals surface area contributed by atoms with E-state index in [1.165, 1.54) is 13.0 Å². The maximum Gasteiger partial charge on any atom is 0.375 e. The summed E-state index contributed by atoms with van der Waals surface area (Å²) >= 11 is 0. The Morgan fingerprint density at radius 3 is 2.67 bits per heavy atom. The zero-order chi connectivity index (χ0) is 15.6. The van der Waals surface area contributed by atoms with Crippen LogP contribution in [0.25, 0.3) is 11.0 Å². The summed E-state index contributed by atoms with van der Waals surface area (Å²) in [5, 5.41) is 2.44. The second kappa shape index (κ2) is 5.53. The van der Waals surface area contributed by atoms with Gasteiger partial charge in [-0.15, -0.1) is 0 Å². The maximum absolute atomic E-state index is 11.9. The van der Waals surface area contributed by atoms with Gasteiger partial charge in [0.25, 0.3) is 5.91 Å². The first kappa shape index (κ1) is 14.4. The average Bonchev–Trinajstić information content (AvgIpc) is 2.80. The fourth-order valence-electron chi connectivity index (χ4n) is 1.66. The summed E-state index contributed by atoms with van der Waals surface area (Å²) in [5.41, 5.74) is 11.4. The molecule has 0 saturated carbocycles. The molecule has 1 atom stereocenters. The second-order valence-electron chi connectivity index (χ2n) is 4.31. The summed E-state index contributed by atoms with van der Waals surface area (Å²) in [4.78, 5) is 33.8. The lowest BCUT2D eigenvalue weighted by atomic mass is 10.2. The Bertz CT molecular complexity index is 722. The quantitative estimate of drug-likeness (QED) is 0.563. The van der Waals surface area contributed by atoms with Gasteiger partial charge in [0.1, 0.15) is 5.58 Å². The number of carbonyl (C=O) groups is 3. The highest BCUT2D eigenvalue weighted by Gasteiger charge is 2.22. The molecule has 1 unspecified atom stereocenters. The number of anilines is 1. The van der Waals surface area contributed by atoms with Crippen LogP contribution in [-0.2, 0) is 9.53 Å². The van der Waals surface area contributed by atoms with Crippen molar-refractivity contribution in [3.63, 3.8) is 0 Å². The number of primary amides is 1. The summed E-state index contributed by atoms with van der Waals surface area (Å²) in [6.07, 6.45) is -1.19. The van der Waals surface area contributed by atoms with E-state index in [0.717, 1.165) is 0 Å². The van der Waals surface area contributed by atoms with E-state index in [4.69, 9.17) is 20.6 Å². The van der Waals surface area contributed by atoms with Crippen molar-refractivity contribution >= 4 is 34.6 Å². The van der Waals surface area contributed by atoms with Gasteiger partial charge in [-0.2, -0.15) is 0 Å². The number of imide groups is 1. The summed E-state index contributed by atoms with van der Waals surface area (Å²) in [6, 6.07) is 5.31. The molecule has 0 radical (unpaired) electrons. The molecule has 0 aliphatic rings. The number of nitrogens with two attached hydrogens (primary N) is 2. The van der Waals surface area contributed by atoms with E-state index < -0.39 is 24.0 Å². The fraction of sp³-hybridized carbons (Fsp3) is 0.154. The molecule has 8 heteroatoms. The Morgan fingerprint density at radius 1 is 1.29 bits per heavy atom. The first-order valence-corrected chi connectivity index (χ1v) is 5.97. The van der Waals surface area contributed by atoms with Crippen molar-refractivity contribution < 1.29 is 23.5 Å². The van der Waals surface area contributed by atoms with Gasteiger partial charge < -0.3 is 20.6 Å². The Balaban J connectivity index is 2.11. The molecule has 0 spiro atoms. The van der Waals surface area contributed by atoms with Crippen LogP contribution in [-0.4, -0.2) is 24.0 Å². The number of rotatable bonds is 3. The van der Waals surface area contributed by atoms with Crippen molar-refractivity contribution in [3.8, 4) is 0 Å². The number of nitrogen functional groups attached to an aromatic ring is 1. The van der Waals surface area contributed by atoms with Gasteiger partial charge in [-0.3, -0.25) is 10.1 Å². The van der Waals surface area contributed by atoms with Crippen LogP contribution < -0.4 is 16.8 Å². The molecule has 0 saturated heterocycles. The highest BCUT2D eigenvalue weighted by Crippen LogP contribution is 2.22. The first-order valence-electron chi connectivity index (χ1n) is 5.97. The molecule has 0 aliphatic heterocycles. The molecule has 1 heterocycles. The van der Waals surface area contributed by atoms with Gasteiger partial charge in [0.2, 0.25) is 5.76 Å². The van der Waals surface area contributed by atoms with Crippen molar-refractivity contribution in [2.24, 2.45) is 5.73 Å². The number of carbonyl (C=O) groups excluding carboxylic acids is 3. The SMILES string of the molecule is CC(OC(=O)c1cc2cc(N)ccc2o1)C(=O)NC(N)=O. The lowest BCUT2D eigenvalue weighted by Crippen LogP contribution is -2.42. The third-order valence-electron chi connectivity index (χ3n) is 2.64. The van der Waals surface area contributed by atoms with Crippen LogP contribution in [0.2, 0.25) is 0 Å². The van der Waals surface area contributed by atoms with Crippen molar-refractivity contribution in [1.29, 1.82) is 0 Å². The Kier molecular flexibility index (Phi) is 3.79. The molecule has 0 bridgehead atoms. The molecule has 8 nitrogen and oxygen atoms in total. The van der Waals surface area contributed by atoms with Crippen LogP contribution in [0.1, 0.15) is 17.5 Å². The van der Waals surface area contributed by atoms with Crippen LogP contribution in [0.3, 0.4) is 0 Å². The Hall–Kier alpha value is -3.03. The van der Waals surface area contributed by atoms with Crippen LogP contribution in [0.5, 0.6) is 0 Å². The number of ether oxygens (including phenoxy) is 1. The largest absolute Gasteiger partial charge is 0.449 e. The molecule has 5 N–H and O–H groups in total. The summed E-state index contributed by atoms with van der Waals surface area (Å²) in [5.74, 6) is -1.73. The second-order valence-corrected chi connectivity index (χ2v) is 4.31. The number of hydrogen-bond donors (Lipinski definition) is 3. The predicted molar refractivity (Wildman–Crippen MR) is 73.2 cm³/mol. The van der Waals surface area contributed by atoms with Crippen molar-refractivity contribution in [3.05, 3.63) is 30.0 Å². The minimum Gasteiger partial charge on any atom is -0.449 e. The van der Waals surface area contributed by atoms with Crippen LogP contribution in [0.15, 0.2) is 28.7 Å². The summed E-state index contributed by atoms with van der Waals surface area (Å²) < 4.78 is 10.2. The molecule has 21 heavy (non-hydrogen) atoms. The van der Waals surface area contributed by atoms with E-state index in [2.05, 4.69) is 0 Å². The third-order valence-corrected chi connectivity index (χ3v) is 2.64. The smallest absolute Gasteiger partial charge is 0.375 e. The normalized spacial score (nSPS) is 11.9. The summed E-state index contributed by atoms with van der Waals surface area (Å²) in [6.45, 7) is 1.30. The van der Waals surface area contributed by atoms with E-state index in [1.54, 1.807) is 18.2 Å². The molecular weight excluding hydrogens is 278 g/mol. The summed E-state index contributed by atoms with van der Waals surface area (Å²) in [7, 11) is 0. The minimum atomic E-state index is -1.19. The number of nitrogens with one attached hydrogen (secondary N) is 1. The number of urea groups is 1. The minimum absolute atomic E-state index is 0.0747. The van der Waals surface area contributed by atoms with Crippen molar-refractivity contribution in [1.82, 2.24) is 5.32 Å². The van der Waals surface area contributed by atoms with Crippen LogP contribution in [0.4, 0.5) is 10.5 Å². The lowest BCUT2D eigenvalue weighted by molar-refractivity contribution is -0.127. The highest BCUT2D eigenvalue weighted by atomic mass is 16.6. The van der Waals surface area contributed by atoms with Crippen molar-refractivity contribution in [2.45, 2.75) is 13.0 Å². The zero-order valence-electron chi connectivity index (χ0n) is 11.1. The van der Waals surface area contributed by atoms with E-state index in [9.17, 15) is 14.4 Å². The molecule has 110 valence electrons. The van der Waals surface area contributed by atoms with Gasteiger partial charge in [0.15, 0.2) is 6.10 Å². The molecule has 2 aromatic rings. The standard InChI is InChI=1S/C13H13N3O5/c1-6(11(17)16-13(15)19)20-12(18)10-5-7-4-8(14)2-3-9(7)21-10/h2-6H,14H2,1H3,(H3,15,16,17,19). The third kappa shape index (κ3) is 3.30. The fourth-order valence-corrected chi connectivity index (χ4v) is 1.66. The molecule has 0 aliphatic carbocycles. The van der Waals surface area contributed by atoms with Gasteiger partial charge in [0.05, 0.1) is 0 Å². The van der Waals surface area contributed by atoms with Gasteiger partial charge in [0, 0.05) is 11.1 Å². The number of esters is 1. The molecular formula is C13H13N3O5. The van der Waals surface area contributed by atoms with E-state index in [-0.39, 0.29) is 5.76 Å². The Morgan fingerprint density at radius 2 is 2.00 bits per heavy atom. The van der Waals surface area contributed by atoms with Crippen LogP contribution in [0, 0.1) is 0 Å². The topological polar surface area (TPSA) is 138 Å². The van der Waals surface area contributed by atoms with Gasteiger partial charge in [-0.25, -0.2) is 9.59 Å². The number of benzene rings is 1. The maximum atomic E-state index is 11.9. The molecule has 2 rings (SSSR count). The van der Waals surface area contributed by atoms with Crippen LogP contribution >= 0.6 is 0 Å². The number of fused-ring (bicyclic) bond motifs is 1. The monoisotopic (exact) mass is 291 g/mol. The van der Waals surface area contributed by atoms with E-state index in [0.29, 0.717) is 16.7 Å². The molecule has 1 aromatic heterocycles. The van der Waals surface area contributed by atoms with Crippen molar-refractivity contribution in [2.75, 3.05) is 5.73 Å². The van der Waals surface area contributed by atoms with Gasteiger partial charge in [-0.05, 0) is 31.2 Å². The molecule has 1 aromatic carbocycles. The first-order chi connectivity index (χ1) is 9.86. The van der Waals surface area contributed by atoms with E-state index >= 15 is 0 Å². The lowest BCUT2D eigenvalue weighted by Gasteiger charge is -2.10. The molecule has 3 amide bonds. The predicted octanol–water partition coefficient (Wildman–Crippen LogP) is 0.755. The molecule has 0 fully saturated rings. The number of hydrogen-bond acceptors (Lipinski definition) is 6. The average molecular weight is 291 g/mol. The highest BCUT2D eigenvalue weighted by molar-refractivity contribution is 5.98. The zero-order valence-corrected chi connectivity index (χ0v) is 11.1. The Labute approximate surface area is 119 Å². The van der Waals surface area contributed by atoms with E-state index in [1.807, 2.05) is 5.32 Å². The number of furan rings is 1.